The van der Waals surface area contributed by atoms with Crippen LogP contribution in [0.1, 0.15) is 32.3 Å². The lowest BCUT2D eigenvalue weighted by Gasteiger charge is -2.33. The van der Waals surface area contributed by atoms with Crippen molar-refractivity contribution in [2.24, 2.45) is 16.8 Å². The first-order valence-corrected chi connectivity index (χ1v) is 9.37. The lowest BCUT2D eigenvalue weighted by Crippen LogP contribution is -2.46. The number of carbonyl (C=O) groups excluding carboxylic acids is 2. The Balaban J connectivity index is 1.84. The van der Waals surface area contributed by atoms with E-state index in [0.717, 1.165) is 43.1 Å². The van der Waals surface area contributed by atoms with Gasteiger partial charge in [0, 0.05) is 38.3 Å². The summed E-state index contributed by atoms with van der Waals surface area (Å²) in [6.07, 6.45) is 1.55. The van der Waals surface area contributed by atoms with Crippen LogP contribution in [0.25, 0.3) is 0 Å². The van der Waals surface area contributed by atoms with Gasteiger partial charge in [-0.15, -0.1) is 0 Å². The summed E-state index contributed by atoms with van der Waals surface area (Å²) in [7, 11) is 3.20. The molecule has 1 aromatic rings. The van der Waals surface area contributed by atoms with Crippen LogP contribution < -0.4 is 10.6 Å². The number of ether oxygens (including phenoxy) is 1. The van der Waals surface area contributed by atoms with Crippen LogP contribution in [0.5, 0.6) is 0 Å². The van der Waals surface area contributed by atoms with Gasteiger partial charge in [-0.1, -0.05) is 26.0 Å². The molecule has 0 unspecified atom stereocenters. The summed E-state index contributed by atoms with van der Waals surface area (Å²) in [6, 6.07) is 7.78. The van der Waals surface area contributed by atoms with Crippen molar-refractivity contribution in [3.05, 3.63) is 29.8 Å². The van der Waals surface area contributed by atoms with E-state index in [-0.39, 0.29) is 23.7 Å². The number of methoxy groups -OCH3 is 1. The van der Waals surface area contributed by atoms with Gasteiger partial charge in [-0.05, 0) is 30.5 Å². The molecule has 0 saturated carbocycles. The molecule has 7 heteroatoms. The van der Waals surface area contributed by atoms with Crippen molar-refractivity contribution in [2.45, 2.75) is 33.2 Å². The summed E-state index contributed by atoms with van der Waals surface area (Å²) in [6.45, 7) is 5.93. The van der Waals surface area contributed by atoms with E-state index in [1.807, 2.05) is 38.1 Å². The highest BCUT2D eigenvalue weighted by atomic mass is 16.5. The van der Waals surface area contributed by atoms with Gasteiger partial charge in [0.25, 0.3) is 0 Å². The van der Waals surface area contributed by atoms with Gasteiger partial charge in [-0.2, -0.15) is 0 Å². The smallest absolute Gasteiger partial charge is 0.308 e. The minimum Gasteiger partial charge on any atom is -0.469 e. The lowest BCUT2D eigenvalue weighted by atomic mass is 9.97. The summed E-state index contributed by atoms with van der Waals surface area (Å²) in [5.74, 6) is 0.658. The Bertz CT molecular complexity index is 662. The summed E-state index contributed by atoms with van der Waals surface area (Å²) in [5.41, 5.74) is 1.90. The van der Waals surface area contributed by atoms with Crippen LogP contribution in [-0.4, -0.2) is 50.0 Å². The van der Waals surface area contributed by atoms with Gasteiger partial charge in [-0.3, -0.25) is 14.6 Å². The summed E-state index contributed by atoms with van der Waals surface area (Å²) < 4.78 is 4.83. The summed E-state index contributed by atoms with van der Waals surface area (Å²) in [5, 5.41) is 6.25. The van der Waals surface area contributed by atoms with Crippen molar-refractivity contribution in [1.82, 2.24) is 10.2 Å². The summed E-state index contributed by atoms with van der Waals surface area (Å²) in [4.78, 5) is 29.9. The molecular weight excluding hydrogens is 344 g/mol. The number of likely N-dealkylation sites (tertiary alicyclic amines) is 1. The Morgan fingerprint density at radius 2 is 1.85 bits per heavy atom. The normalized spacial score (nSPS) is 15.6. The molecule has 1 saturated heterocycles. The highest BCUT2D eigenvalue weighted by molar-refractivity contribution is 5.92. The van der Waals surface area contributed by atoms with Crippen LogP contribution in [0.4, 0.5) is 5.69 Å². The van der Waals surface area contributed by atoms with Gasteiger partial charge in [0.2, 0.25) is 5.91 Å². The molecule has 0 atom stereocenters. The van der Waals surface area contributed by atoms with Crippen LogP contribution in [0.3, 0.4) is 0 Å². The molecule has 1 heterocycles. The SMILES string of the molecule is CN=C(NCc1ccc(NC(=O)C(C)C)cc1)N1CCC(C(=O)OC)CC1. The molecule has 0 radical (unpaired) electrons. The molecule has 0 spiro atoms. The van der Waals surface area contributed by atoms with Crippen molar-refractivity contribution in [1.29, 1.82) is 0 Å². The fourth-order valence-corrected chi connectivity index (χ4v) is 3.00. The topological polar surface area (TPSA) is 83.0 Å². The van der Waals surface area contributed by atoms with E-state index in [0.29, 0.717) is 6.54 Å². The first-order valence-electron chi connectivity index (χ1n) is 9.37. The van der Waals surface area contributed by atoms with E-state index in [1.165, 1.54) is 7.11 Å². The number of esters is 1. The van der Waals surface area contributed by atoms with Crippen molar-refractivity contribution in [3.63, 3.8) is 0 Å². The number of rotatable bonds is 5. The van der Waals surface area contributed by atoms with Gasteiger partial charge < -0.3 is 20.3 Å². The first-order chi connectivity index (χ1) is 12.9. The van der Waals surface area contributed by atoms with Crippen molar-refractivity contribution < 1.29 is 14.3 Å². The maximum absolute atomic E-state index is 11.7. The molecule has 1 aliphatic rings. The molecule has 148 valence electrons. The average Bonchev–Trinajstić information content (AvgIpc) is 2.69. The van der Waals surface area contributed by atoms with Crippen LogP contribution in [0.15, 0.2) is 29.3 Å². The predicted molar refractivity (Wildman–Crippen MR) is 106 cm³/mol. The highest BCUT2D eigenvalue weighted by Gasteiger charge is 2.26. The highest BCUT2D eigenvalue weighted by Crippen LogP contribution is 2.18. The number of anilines is 1. The van der Waals surface area contributed by atoms with E-state index >= 15 is 0 Å². The monoisotopic (exact) mass is 374 g/mol. The Kier molecular flexibility index (Phi) is 7.64. The number of carbonyl (C=O) groups is 2. The van der Waals surface area contributed by atoms with E-state index in [2.05, 4.69) is 20.5 Å². The summed E-state index contributed by atoms with van der Waals surface area (Å²) >= 11 is 0. The molecular formula is C20H30N4O3. The maximum Gasteiger partial charge on any atom is 0.308 e. The fourth-order valence-electron chi connectivity index (χ4n) is 3.00. The third-order valence-electron chi connectivity index (χ3n) is 4.74. The Morgan fingerprint density at radius 3 is 2.37 bits per heavy atom. The number of nitrogens with zero attached hydrogens (tertiary/aromatic N) is 2. The number of hydrogen-bond acceptors (Lipinski definition) is 4. The Morgan fingerprint density at radius 1 is 1.22 bits per heavy atom. The van der Waals surface area contributed by atoms with E-state index in [4.69, 9.17) is 4.74 Å². The van der Waals surface area contributed by atoms with E-state index in [9.17, 15) is 9.59 Å². The molecule has 27 heavy (non-hydrogen) atoms. The molecule has 1 aliphatic heterocycles. The molecule has 2 rings (SSSR count). The zero-order chi connectivity index (χ0) is 19.8. The second-order valence-electron chi connectivity index (χ2n) is 7.03. The van der Waals surface area contributed by atoms with Crippen LogP contribution in [-0.2, 0) is 20.9 Å². The number of aliphatic imine (C=N–C) groups is 1. The third kappa shape index (κ3) is 5.98. The predicted octanol–water partition coefficient (Wildman–Crippen LogP) is 2.24. The van der Waals surface area contributed by atoms with Crippen molar-refractivity contribution >= 4 is 23.5 Å². The van der Waals surface area contributed by atoms with Crippen LogP contribution in [0, 0.1) is 11.8 Å². The second-order valence-corrected chi connectivity index (χ2v) is 7.03. The van der Waals surface area contributed by atoms with Crippen molar-refractivity contribution in [2.75, 3.05) is 32.6 Å². The molecule has 0 bridgehead atoms. The molecule has 2 N–H and O–H groups in total. The molecule has 1 fully saturated rings. The fraction of sp³-hybridized carbons (Fsp3) is 0.550. The van der Waals surface area contributed by atoms with Gasteiger partial charge in [0.15, 0.2) is 5.96 Å². The van der Waals surface area contributed by atoms with Gasteiger partial charge in [0.05, 0.1) is 13.0 Å². The molecule has 1 aromatic carbocycles. The first kappa shape index (κ1) is 20.7. The van der Waals surface area contributed by atoms with Gasteiger partial charge in [-0.25, -0.2) is 0 Å². The van der Waals surface area contributed by atoms with Gasteiger partial charge >= 0.3 is 5.97 Å². The van der Waals surface area contributed by atoms with Crippen LogP contribution >= 0.6 is 0 Å². The molecule has 0 aromatic heterocycles. The Hall–Kier alpha value is -2.57. The number of nitrogens with one attached hydrogen (secondary N) is 2. The number of hydrogen-bond donors (Lipinski definition) is 2. The van der Waals surface area contributed by atoms with E-state index < -0.39 is 0 Å². The second kappa shape index (κ2) is 9.94. The maximum atomic E-state index is 11.7. The molecule has 0 aliphatic carbocycles. The van der Waals surface area contributed by atoms with E-state index in [1.54, 1.807) is 7.05 Å². The quantitative estimate of drug-likeness (QED) is 0.469. The minimum absolute atomic E-state index is 0.0108. The minimum atomic E-state index is -0.123. The standard InChI is InChI=1S/C20H30N4O3/c1-14(2)18(25)23-17-7-5-15(6-8-17)13-22-20(21-3)24-11-9-16(10-12-24)19(26)27-4/h5-8,14,16H,9-13H2,1-4H3,(H,21,22)(H,23,25). The number of guanidine groups is 1. The van der Waals surface area contributed by atoms with Gasteiger partial charge in [0.1, 0.15) is 0 Å². The lowest BCUT2D eigenvalue weighted by molar-refractivity contribution is -0.146. The molecule has 7 nitrogen and oxygen atoms in total. The number of amides is 1. The van der Waals surface area contributed by atoms with Crippen molar-refractivity contribution in [3.8, 4) is 0 Å². The van der Waals surface area contributed by atoms with Crippen LogP contribution in [0.2, 0.25) is 0 Å². The largest absolute Gasteiger partial charge is 0.469 e. The third-order valence-corrected chi connectivity index (χ3v) is 4.74. The zero-order valence-corrected chi connectivity index (χ0v) is 16.6. The Labute approximate surface area is 161 Å². The zero-order valence-electron chi connectivity index (χ0n) is 16.6. The average molecular weight is 374 g/mol. The molecule has 1 amide bonds. The number of benzene rings is 1. The number of piperidine rings is 1.